The Bertz CT molecular complexity index is 115. The summed E-state index contributed by atoms with van der Waals surface area (Å²) in [6.07, 6.45) is 0. The zero-order chi connectivity index (χ0) is 6.69. The topological polar surface area (TPSA) is 49.8 Å². The van der Waals surface area contributed by atoms with E-state index in [1.54, 1.807) is 4.90 Å². The van der Waals surface area contributed by atoms with Crippen LogP contribution in [0.4, 0.5) is 0 Å². The molecule has 0 bridgehead atoms. The molecule has 9 heavy (non-hydrogen) atoms. The first-order valence-electron chi connectivity index (χ1n) is 2.82. The normalized spacial score (nSPS) is 20.3. The van der Waals surface area contributed by atoms with E-state index in [0.717, 1.165) is 0 Å². The van der Waals surface area contributed by atoms with Crippen LogP contribution < -0.4 is 0 Å². The standard InChI is InChI=1S/C5H9NO3/c7-2-1-6-3-5(8)9-4-6/h7H,1-4H2. The number of hydrogen-bond acceptors (Lipinski definition) is 4. The second-order valence-electron chi connectivity index (χ2n) is 1.92. The molecule has 1 N–H and O–H groups in total. The van der Waals surface area contributed by atoms with E-state index in [9.17, 15) is 4.79 Å². The Balaban J connectivity index is 2.22. The minimum atomic E-state index is -0.205. The van der Waals surface area contributed by atoms with Crippen LogP contribution in [0.15, 0.2) is 0 Å². The Morgan fingerprint density at radius 3 is 3.00 bits per heavy atom. The van der Waals surface area contributed by atoms with Crippen LogP contribution in [-0.4, -0.2) is 42.4 Å². The van der Waals surface area contributed by atoms with Gasteiger partial charge in [0, 0.05) is 6.54 Å². The number of hydrogen-bond donors (Lipinski definition) is 1. The van der Waals surface area contributed by atoms with Gasteiger partial charge in [-0.2, -0.15) is 0 Å². The predicted molar refractivity (Wildman–Crippen MR) is 29.6 cm³/mol. The van der Waals surface area contributed by atoms with Crippen LogP contribution in [0.1, 0.15) is 0 Å². The molecule has 1 aliphatic rings. The fourth-order valence-electron chi connectivity index (χ4n) is 0.722. The molecule has 0 aromatic carbocycles. The summed E-state index contributed by atoms with van der Waals surface area (Å²) in [6, 6.07) is 0. The van der Waals surface area contributed by atoms with Crippen molar-refractivity contribution < 1.29 is 14.6 Å². The van der Waals surface area contributed by atoms with Crippen molar-refractivity contribution in [3.8, 4) is 0 Å². The van der Waals surface area contributed by atoms with E-state index in [2.05, 4.69) is 4.74 Å². The van der Waals surface area contributed by atoms with Gasteiger partial charge in [0.15, 0.2) is 0 Å². The smallest absolute Gasteiger partial charge is 0.321 e. The van der Waals surface area contributed by atoms with Gasteiger partial charge in [0.2, 0.25) is 0 Å². The molecule has 0 radical (unpaired) electrons. The minimum Gasteiger partial charge on any atom is -0.449 e. The van der Waals surface area contributed by atoms with Gasteiger partial charge in [-0.15, -0.1) is 0 Å². The molecule has 1 aliphatic heterocycles. The molecule has 1 fully saturated rings. The van der Waals surface area contributed by atoms with Gasteiger partial charge in [0.1, 0.15) is 6.73 Å². The molecule has 4 nitrogen and oxygen atoms in total. The first-order valence-corrected chi connectivity index (χ1v) is 2.82. The third-order valence-electron chi connectivity index (χ3n) is 1.18. The van der Waals surface area contributed by atoms with E-state index >= 15 is 0 Å². The molecule has 0 aliphatic carbocycles. The van der Waals surface area contributed by atoms with Crippen molar-refractivity contribution in [2.24, 2.45) is 0 Å². The first kappa shape index (κ1) is 6.51. The van der Waals surface area contributed by atoms with E-state index < -0.39 is 0 Å². The van der Waals surface area contributed by atoms with Crippen molar-refractivity contribution in [1.29, 1.82) is 0 Å². The summed E-state index contributed by atoms with van der Waals surface area (Å²) in [7, 11) is 0. The van der Waals surface area contributed by atoms with Gasteiger partial charge in [-0.1, -0.05) is 0 Å². The lowest BCUT2D eigenvalue weighted by Crippen LogP contribution is -2.24. The van der Waals surface area contributed by atoms with Crippen molar-refractivity contribution in [1.82, 2.24) is 4.90 Å². The van der Waals surface area contributed by atoms with Gasteiger partial charge in [-0.3, -0.25) is 9.69 Å². The maximum atomic E-state index is 10.4. The molecular weight excluding hydrogens is 122 g/mol. The Morgan fingerprint density at radius 1 is 1.78 bits per heavy atom. The third kappa shape index (κ3) is 1.65. The molecule has 0 unspecified atom stereocenters. The number of β-amino-alcohol motifs (C(OH)–C–C–N with tert-alkyl or cyclic N) is 1. The predicted octanol–water partition coefficient (Wildman–Crippen LogP) is -1.21. The van der Waals surface area contributed by atoms with Crippen LogP contribution in [0.3, 0.4) is 0 Å². The Labute approximate surface area is 53.0 Å². The summed E-state index contributed by atoms with van der Waals surface area (Å²) in [4.78, 5) is 12.1. The number of rotatable bonds is 2. The maximum absolute atomic E-state index is 10.4. The zero-order valence-electron chi connectivity index (χ0n) is 5.04. The van der Waals surface area contributed by atoms with Crippen LogP contribution in [0.25, 0.3) is 0 Å². The second-order valence-corrected chi connectivity index (χ2v) is 1.92. The highest BCUT2D eigenvalue weighted by Gasteiger charge is 2.18. The minimum absolute atomic E-state index is 0.0800. The molecule has 0 spiro atoms. The highest BCUT2D eigenvalue weighted by Crippen LogP contribution is 1.98. The molecule has 1 heterocycles. The van der Waals surface area contributed by atoms with Gasteiger partial charge in [-0.05, 0) is 0 Å². The lowest BCUT2D eigenvalue weighted by molar-refractivity contribution is -0.136. The molecule has 1 saturated heterocycles. The summed E-state index contributed by atoms with van der Waals surface area (Å²) in [5.74, 6) is -0.205. The average Bonchev–Trinajstić information content (AvgIpc) is 2.17. The van der Waals surface area contributed by atoms with Crippen LogP contribution >= 0.6 is 0 Å². The van der Waals surface area contributed by atoms with Gasteiger partial charge in [-0.25, -0.2) is 0 Å². The van der Waals surface area contributed by atoms with Crippen LogP contribution in [0.5, 0.6) is 0 Å². The van der Waals surface area contributed by atoms with Gasteiger partial charge >= 0.3 is 5.97 Å². The summed E-state index contributed by atoms with van der Waals surface area (Å²) >= 11 is 0. The Morgan fingerprint density at radius 2 is 2.56 bits per heavy atom. The quantitative estimate of drug-likeness (QED) is 0.478. The maximum Gasteiger partial charge on any atom is 0.321 e. The molecule has 52 valence electrons. The number of ether oxygens (including phenoxy) is 1. The second kappa shape index (κ2) is 2.80. The largest absolute Gasteiger partial charge is 0.449 e. The SMILES string of the molecule is O=C1CN(CCO)CO1. The highest BCUT2D eigenvalue weighted by molar-refractivity contribution is 5.73. The fourth-order valence-corrected chi connectivity index (χ4v) is 0.722. The summed E-state index contributed by atoms with van der Waals surface area (Å²) in [5.41, 5.74) is 0. The highest BCUT2D eigenvalue weighted by atomic mass is 16.6. The third-order valence-corrected chi connectivity index (χ3v) is 1.18. The van der Waals surface area contributed by atoms with Crippen LogP contribution in [0, 0.1) is 0 Å². The molecule has 0 aromatic rings. The molecule has 4 heteroatoms. The van der Waals surface area contributed by atoms with E-state index in [0.29, 0.717) is 19.8 Å². The molecule has 0 atom stereocenters. The summed E-state index contributed by atoms with van der Waals surface area (Å²) in [6.45, 7) is 1.25. The van der Waals surface area contributed by atoms with Gasteiger partial charge < -0.3 is 9.84 Å². The lowest BCUT2D eigenvalue weighted by Gasteiger charge is -2.06. The van der Waals surface area contributed by atoms with Gasteiger partial charge in [0.25, 0.3) is 0 Å². The number of aliphatic hydroxyl groups excluding tert-OH is 1. The zero-order valence-corrected chi connectivity index (χ0v) is 5.04. The number of carbonyl (C=O) groups excluding carboxylic acids is 1. The van der Waals surface area contributed by atoms with Crippen LogP contribution in [-0.2, 0) is 9.53 Å². The van der Waals surface area contributed by atoms with Crippen molar-refractivity contribution in [3.05, 3.63) is 0 Å². The molecule has 0 amide bonds. The monoisotopic (exact) mass is 131 g/mol. The first-order chi connectivity index (χ1) is 4.33. The van der Waals surface area contributed by atoms with Crippen LogP contribution in [0.2, 0.25) is 0 Å². The van der Waals surface area contributed by atoms with Crippen molar-refractivity contribution in [2.75, 3.05) is 26.4 Å². The molecule has 1 rings (SSSR count). The van der Waals surface area contributed by atoms with Crippen molar-refractivity contribution in [2.45, 2.75) is 0 Å². The van der Waals surface area contributed by atoms with E-state index in [-0.39, 0.29) is 12.6 Å². The molecular formula is C5H9NO3. The molecule has 0 saturated carbocycles. The van der Waals surface area contributed by atoms with E-state index in [4.69, 9.17) is 5.11 Å². The lowest BCUT2D eigenvalue weighted by atomic mass is 10.5. The number of nitrogens with zero attached hydrogens (tertiary/aromatic N) is 1. The number of esters is 1. The van der Waals surface area contributed by atoms with Gasteiger partial charge in [0.05, 0.1) is 13.2 Å². The number of carbonyl (C=O) groups is 1. The summed E-state index contributed by atoms with van der Waals surface area (Å²) in [5, 5.41) is 8.40. The number of aliphatic hydroxyl groups is 1. The van der Waals surface area contributed by atoms with E-state index in [1.165, 1.54) is 0 Å². The number of cyclic esters (lactones) is 1. The summed E-state index contributed by atoms with van der Waals surface area (Å²) < 4.78 is 4.59. The Kier molecular flexibility index (Phi) is 2.02. The van der Waals surface area contributed by atoms with Crippen molar-refractivity contribution in [3.63, 3.8) is 0 Å². The van der Waals surface area contributed by atoms with E-state index in [1.807, 2.05) is 0 Å². The van der Waals surface area contributed by atoms with Crippen molar-refractivity contribution >= 4 is 5.97 Å². The fraction of sp³-hybridized carbons (Fsp3) is 0.800. The Hall–Kier alpha value is -0.610. The molecule has 0 aromatic heterocycles. The average molecular weight is 131 g/mol.